The van der Waals surface area contributed by atoms with Crippen LogP contribution in [0.5, 0.6) is 0 Å². The second-order valence-electron chi connectivity index (χ2n) is 6.90. The van der Waals surface area contributed by atoms with Gasteiger partial charge in [-0.3, -0.25) is 0 Å². The van der Waals surface area contributed by atoms with E-state index in [1.807, 2.05) is 23.7 Å². The molecule has 3 nitrogen and oxygen atoms in total. The van der Waals surface area contributed by atoms with Crippen LogP contribution in [0.25, 0.3) is 27.4 Å². The highest BCUT2D eigenvalue weighted by Gasteiger charge is 2.14. The van der Waals surface area contributed by atoms with E-state index in [1.54, 1.807) is 17.4 Å². The van der Waals surface area contributed by atoms with Gasteiger partial charge in [0.2, 0.25) is 0 Å². The Morgan fingerprint density at radius 1 is 0.967 bits per heavy atom. The topological polar surface area (TPSA) is 50.2 Å². The molecule has 30 heavy (non-hydrogen) atoms. The van der Waals surface area contributed by atoms with E-state index in [1.165, 1.54) is 21.4 Å². The van der Waals surface area contributed by atoms with E-state index in [-0.39, 0.29) is 0 Å². The summed E-state index contributed by atoms with van der Waals surface area (Å²) in [6, 6.07) is 24.9. The summed E-state index contributed by atoms with van der Waals surface area (Å²) in [7, 11) is 0. The molecule has 0 atom stereocenters. The molecule has 0 aliphatic heterocycles. The molecule has 0 saturated heterocycles. The van der Waals surface area contributed by atoms with Crippen LogP contribution in [-0.4, -0.2) is 16.1 Å². The van der Waals surface area contributed by atoms with Crippen LogP contribution in [0.4, 0.5) is 0 Å². The van der Waals surface area contributed by atoms with Crippen molar-refractivity contribution in [3.63, 3.8) is 0 Å². The van der Waals surface area contributed by atoms with Crippen LogP contribution >= 0.6 is 11.3 Å². The van der Waals surface area contributed by atoms with Gasteiger partial charge in [-0.2, -0.15) is 0 Å². The number of allylic oxidation sites excluding steroid dienone is 1. The van der Waals surface area contributed by atoms with Gasteiger partial charge in [0.1, 0.15) is 0 Å². The van der Waals surface area contributed by atoms with E-state index in [0.29, 0.717) is 0 Å². The zero-order chi connectivity index (χ0) is 20.9. The SMILES string of the molecule is CC/C(=C(/c1ccc(/C=C/C(=O)O)cc1)c1ccc2scnc2c1)c1ccccc1. The van der Waals surface area contributed by atoms with Crippen LogP contribution in [0.2, 0.25) is 0 Å². The van der Waals surface area contributed by atoms with E-state index in [9.17, 15) is 4.79 Å². The third-order valence-corrected chi connectivity index (χ3v) is 5.82. The summed E-state index contributed by atoms with van der Waals surface area (Å²) in [6.45, 7) is 2.17. The number of aliphatic carboxylic acids is 1. The Morgan fingerprint density at radius 3 is 2.40 bits per heavy atom. The first-order valence-electron chi connectivity index (χ1n) is 9.79. The predicted octanol–water partition coefficient (Wildman–Crippen LogP) is 6.76. The third kappa shape index (κ3) is 4.24. The molecule has 0 radical (unpaired) electrons. The molecule has 4 aromatic rings. The van der Waals surface area contributed by atoms with E-state index >= 15 is 0 Å². The van der Waals surface area contributed by atoms with Crippen LogP contribution < -0.4 is 0 Å². The number of carbonyl (C=O) groups is 1. The van der Waals surface area contributed by atoms with Crippen molar-refractivity contribution in [2.45, 2.75) is 13.3 Å². The summed E-state index contributed by atoms with van der Waals surface area (Å²) >= 11 is 1.64. The van der Waals surface area contributed by atoms with Crippen molar-refractivity contribution in [2.24, 2.45) is 0 Å². The van der Waals surface area contributed by atoms with Gasteiger partial charge in [-0.1, -0.05) is 67.6 Å². The Kier molecular flexibility index (Phi) is 5.87. The second kappa shape index (κ2) is 8.89. The van der Waals surface area contributed by atoms with Crippen molar-refractivity contribution in [1.29, 1.82) is 0 Å². The van der Waals surface area contributed by atoms with E-state index < -0.39 is 5.97 Å². The zero-order valence-corrected chi connectivity index (χ0v) is 17.4. The first kappa shape index (κ1) is 19.8. The molecule has 1 N–H and O–H groups in total. The smallest absolute Gasteiger partial charge is 0.328 e. The lowest BCUT2D eigenvalue weighted by Gasteiger charge is -2.16. The summed E-state index contributed by atoms with van der Waals surface area (Å²) in [5.74, 6) is -0.950. The standard InChI is InChI=1S/C26H21NO2S/c1-2-22(19-6-4-3-5-7-19)26(21-13-14-24-23(16-21)27-17-30-24)20-11-8-18(9-12-20)10-15-25(28)29/h3-17H,2H2,1H3,(H,28,29)/b15-10+,26-22+. The van der Waals surface area contributed by atoms with Crippen LogP contribution in [0, 0.1) is 0 Å². The van der Waals surface area contributed by atoms with Crippen molar-refractivity contribution in [3.05, 3.63) is 107 Å². The van der Waals surface area contributed by atoms with Crippen LogP contribution in [0.3, 0.4) is 0 Å². The molecule has 4 rings (SSSR count). The predicted molar refractivity (Wildman–Crippen MR) is 125 cm³/mol. The molecule has 0 aliphatic rings. The Bertz CT molecular complexity index is 1240. The monoisotopic (exact) mass is 411 g/mol. The molecule has 0 fully saturated rings. The van der Waals surface area contributed by atoms with Crippen molar-refractivity contribution in [1.82, 2.24) is 4.98 Å². The molecule has 148 valence electrons. The average molecular weight is 412 g/mol. The first-order valence-corrected chi connectivity index (χ1v) is 10.7. The number of rotatable bonds is 6. The maximum absolute atomic E-state index is 10.8. The van der Waals surface area contributed by atoms with Gasteiger partial charge in [0.05, 0.1) is 15.7 Å². The average Bonchev–Trinajstić information content (AvgIpc) is 3.25. The van der Waals surface area contributed by atoms with Crippen LogP contribution in [-0.2, 0) is 4.79 Å². The number of hydrogen-bond acceptors (Lipinski definition) is 3. The van der Waals surface area contributed by atoms with Gasteiger partial charge in [0.25, 0.3) is 0 Å². The minimum atomic E-state index is -0.950. The Labute approximate surface area is 179 Å². The van der Waals surface area contributed by atoms with Crippen molar-refractivity contribution < 1.29 is 9.90 Å². The fourth-order valence-corrected chi connectivity index (χ4v) is 4.28. The quantitative estimate of drug-likeness (QED) is 0.282. The highest BCUT2D eigenvalue weighted by Crippen LogP contribution is 2.36. The summed E-state index contributed by atoms with van der Waals surface area (Å²) in [4.78, 5) is 15.3. The normalized spacial score (nSPS) is 12.3. The molecule has 0 bridgehead atoms. The number of carboxylic acids is 1. The highest BCUT2D eigenvalue weighted by molar-refractivity contribution is 7.16. The molecular formula is C26H21NO2S. The van der Waals surface area contributed by atoms with Gasteiger partial charge >= 0.3 is 5.97 Å². The zero-order valence-electron chi connectivity index (χ0n) is 16.6. The minimum absolute atomic E-state index is 0.855. The summed E-state index contributed by atoms with van der Waals surface area (Å²) in [5, 5.41) is 8.87. The number of thiazole rings is 1. The lowest BCUT2D eigenvalue weighted by Crippen LogP contribution is -1.95. The van der Waals surface area contributed by atoms with E-state index in [4.69, 9.17) is 5.11 Å². The van der Waals surface area contributed by atoms with E-state index in [0.717, 1.165) is 34.7 Å². The van der Waals surface area contributed by atoms with E-state index in [2.05, 4.69) is 66.5 Å². The fraction of sp³-hybridized carbons (Fsp3) is 0.0769. The Morgan fingerprint density at radius 2 is 1.70 bits per heavy atom. The lowest BCUT2D eigenvalue weighted by molar-refractivity contribution is -0.131. The summed E-state index contributed by atoms with van der Waals surface area (Å²) in [6.07, 6.45) is 3.65. The lowest BCUT2D eigenvalue weighted by atomic mass is 9.88. The number of aromatic nitrogens is 1. The molecular weight excluding hydrogens is 390 g/mol. The van der Waals surface area contributed by atoms with Crippen LogP contribution in [0.15, 0.2) is 84.4 Å². The van der Waals surface area contributed by atoms with Gasteiger partial charge in [-0.05, 0) is 58.0 Å². The maximum Gasteiger partial charge on any atom is 0.328 e. The first-order chi connectivity index (χ1) is 14.7. The van der Waals surface area contributed by atoms with Gasteiger partial charge in [0, 0.05) is 6.08 Å². The van der Waals surface area contributed by atoms with Crippen molar-refractivity contribution in [2.75, 3.05) is 0 Å². The Hall–Kier alpha value is -3.50. The maximum atomic E-state index is 10.8. The molecule has 3 aromatic carbocycles. The molecule has 0 aliphatic carbocycles. The minimum Gasteiger partial charge on any atom is -0.478 e. The van der Waals surface area contributed by atoms with Crippen molar-refractivity contribution in [3.8, 4) is 0 Å². The molecule has 0 spiro atoms. The number of benzene rings is 3. The molecule has 0 unspecified atom stereocenters. The number of nitrogens with zero attached hydrogens (tertiary/aromatic N) is 1. The van der Waals surface area contributed by atoms with Gasteiger partial charge in [0.15, 0.2) is 0 Å². The number of carboxylic acid groups (broad SMARTS) is 1. The number of hydrogen-bond donors (Lipinski definition) is 1. The molecule has 0 amide bonds. The van der Waals surface area contributed by atoms with Crippen molar-refractivity contribution >= 4 is 44.7 Å². The van der Waals surface area contributed by atoms with Gasteiger partial charge in [-0.25, -0.2) is 9.78 Å². The third-order valence-electron chi connectivity index (χ3n) is 5.01. The van der Waals surface area contributed by atoms with Gasteiger partial charge in [-0.15, -0.1) is 11.3 Å². The fourth-order valence-electron chi connectivity index (χ4n) is 3.62. The molecule has 1 aromatic heterocycles. The molecule has 4 heteroatoms. The van der Waals surface area contributed by atoms with Gasteiger partial charge < -0.3 is 5.11 Å². The summed E-state index contributed by atoms with van der Waals surface area (Å²) < 4.78 is 1.17. The largest absolute Gasteiger partial charge is 0.478 e. The number of fused-ring (bicyclic) bond motifs is 1. The summed E-state index contributed by atoms with van der Waals surface area (Å²) in [5.41, 5.74) is 9.59. The molecule has 0 saturated carbocycles. The van der Waals surface area contributed by atoms with Crippen LogP contribution in [0.1, 0.15) is 35.6 Å². The highest BCUT2D eigenvalue weighted by atomic mass is 32.1. The molecule has 1 heterocycles. The second-order valence-corrected chi connectivity index (χ2v) is 7.79. The Balaban J connectivity index is 1.89.